The Bertz CT molecular complexity index is 1240. The molecule has 1 aromatic carbocycles. The lowest BCUT2D eigenvalue weighted by Crippen LogP contribution is -2.39. The Morgan fingerprint density at radius 2 is 2.06 bits per heavy atom. The lowest BCUT2D eigenvalue weighted by atomic mass is 9.97. The summed E-state index contributed by atoms with van der Waals surface area (Å²) in [4.78, 5) is 21.4. The molecule has 0 radical (unpaired) electrons. The van der Waals surface area contributed by atoms with Crippen LogP contribution in [0.5, 0.6) is 0 Å². The molecule has 1 N–H and O–H groups in total. The molecular formula is C19H14ClF4N5O2S. The van der Waals surface area contributed by atoms with E-state index in [1.54, 1.807) is 11.0 Å². The zero-order valence-corrected chi connectivity index (χ0v) is 17.6. The molecule has 3 heterocycles. The molecule has 0 saturated carbocycles. The molecule has 0 saturated heterocycles. The molecule has 168 valence electrons. The molecule has 3 aromatic rings. The third-order valence-electron chi connectivity index (χ3n) is 4.71. The van der Waals surface area contributed by atoms with Gasteiger partial charge in [0.2, 0.25) is 0 Å². The molecule has 32 heavy (non-hydrogen) atoms. The third-order valence-corrected chi connectivity index (χ3v) is 6.02. The van der Waals surface area contributed by atoms with Gasteiger partial charge in [0, 0.05) is 24.2 Å². The fourth-order valence-electron chi connectivity index (χ4n) is 3.17. The number of hydrogen-bond acceptors (Lipinski definition) is 7. The summed E-state index contributed by atoms with van der Waals surface area (Å²) in [6.07, 6.45) is -1.45. The topological polar surface area (TPSA) is 84.1 Å². The molecule has 0 aliphatic carbocycles. The number of rotatable bonds is 4. The quantitative estimate of drug-likeness (QED) is 0.569. The van der Waals surface area contributed by atoms with Crippen molar-refractivity contribution in [3.8, 4) is 0 Å². The summed E-state index contributed by atoms with van der Waals surface area (Å²) in [6, 6.07) is 4.15. The summed E-state index contributed by atoms with van der Waals surface area (Å²) in [7, 11) is 0. The Hall–Kier alpha value is -2.83. The predicted molar refractivity (Wildman–Crippen MR) is 110 cm³/mol. The van der Waals surface area contributed by atoms with Gasteiger partial charge in [-0.2, -0.15) is 23.3 Å². The van der Waals surface area contributed by atoms with Gasteiger partial charge in [-0.3, -0.25) is 0 Å². The van der Waals surface area contributed by atoms with Crippen molar-refractivity contribution in [1.29, 1.82) is 0 Å². The lowest BCUT2D eigenvalue weighted by Gasteiger charge is -2.31. The van der Waals surface area contributed by atoms with Crippen molar-refractivity contribution >= 4 is 34.3 Å². The first-order chi connectivity index (χ1) is 15.1. The number of anilines is 1. The number of aliphatic hydroxyl groups excluding tert-OH is 1. The highest BCUT2D eigenvalue weighted by Crippen LogP contribution is 2.32. The molecule has 0 spiro atoms. The predicted octanol–water partition coefficient (Wildman–Crippen LogP) is 3.22. The second-order valence-electron chi connectivity index (χ2n) is 6.89. The van der Waals surface area contributed by atoms with Gasteiger partial charge in [-0.05, 0) is 23.3 Å². The van der Waals surface area contributed by atoms with E-state index in [-0.39, 0.29) is 28.8 Å². The first kappa shape index (κ1) is 22.4. The number of halogens is 5. The minimum atomic E-state index is -4.55. The Balaban J connectivity index is 1.50. The Morgan fingerprint density at radius 3 is 2.69 bits per heavy atom. The van der Waals surface area contributed by atoms with Crippen molar-refractivity contribution in [2.75, 3.05) is 18.0 Å². The molecule has 1 aliphatic rings. The van der Waals surface area contributed by atoms with Crippen LogP contribution in [0.1, 0.15) is 15.4 Å². The van der Waals surface area contributed by atoms with E-state index in [9.17, 15) is 27.5 Å². The van der Waals surface area contributed by atoms with Crippen molar-refractivity contribution in [2.45, 2.75) is 18.8 Å². The van der Waals surface area contributed by atoms with Crippen LogP contribution in [0.25, 0.3) is 5.57 Å². The van der Waals surface area contributed by atoms with Crippen molar-refractivity contribution in [1.82, 2.24) is 19.7 Å². The van der Waals surface area contributed by atoms with Crippen LogP contribution in [0.3, 0.4) is 0 Å². The van der Waals surface area contributed by atoms with Crippen LogP contribution >= 0.6 is 22.9 Å². The van der Waals surface area contributed by atoms with Gasteiger partial charge in [0.1, 0.15) is 5.82 Å². The zero-order chi connectivity index (χ0) is 23.0. The first-order valence-electron chi connectivity index (χ1n) is 9.16. The van der Waals surface area contributed by atoms with Crippen LogP contribution in [0, 0.1) is 5.82 Å². The molecule has 2 aromatic heterocycles. The van der Waals surface area contributed by atoms with Crippen LogP contribution in [0.2, 0.25) is 5.02 Å². The molecule has 0 fully saturated rings. The van der Waals surface area contributed by atoms with E-state index in [0.717, 1.165) is 10.9 Å². The Labute approximate surface area is 187 Å². The molecule has 1 aliphatic heterocycles. The number of aliphatic hydroxyl groups is 1. The fourth-order valence-corrected chi connectivity index (χ4v) is 4.12. The van der Waals surface area contributed by atoms with Crippen molar-refractivity contribution in [3.05, 3.63) is 73.4 Å². The highest BCUT2D eigenvalue weighted by Gasteiger charge is 2.34. The molecule has 0 bridgehead atoms. The second kappa shape index (κ2) is 8.60. The molecule has 7 nitrogen and oxygen atoms in total. The molecule has 0 amide bonds. The SMILES string of the molecule is O=c1nc(N2CC=C(c3ccc(F)c(Cl)c3)[C@@H](O)C2)cnn1Cc1cnc(C(F)(F)F)s1. The maximum absolute atomic E-state index is 13.4. The van der Waals surface area contributed by atoms with Crippen LogP contribution in [-0.4, -0.2) is 44.0 Å². The number of hydrogen-bond donors (Lipinski definition) is 1. The normalized spacial score (nSPS) is 16.9. The lowest BCUT2D eigenvalue weighted by molar-refractivity contribution is -0.137. The van der Waals surface area contributed by atoms with Crippen molar-refractivity contribution in [2.24, 2.45) is 0 Å². The number of β-amino-alcohol motifs (C(OH)–C–C–N with tert-alkyl or cyclic N) is 1. The summed E-state index contributed by atoms with van der Waals surface area (Å²) in [6.45, 7) is 0.198. The monoisotopic (exact) mass is 487 g/mol. The number of thiazole rings is 1. The molecule has 13 heteroatoms. The standard InChI is InChI=1S/C19H14ClF4N5O2S/c20-13-5-10(1-2-14(13)21)12-3-4-28(9-15(12)30)16-7-26-29(18(31)27-16)8-11-6-25-17(32-11)19(22,23)24/h1-3,5-7,15,30H,4,8-9H2/t15-/m0/s1. The molecule has 4 rings (SSSR count). The van der Waals surface area contributed by atoms with Crippen LogP contribution in [0.15, 0.2) is 41.5 Å². The van der Waals surface area contributed by atoms with E-state index in [1.807, 2.05) is 0 Å². The van der Waals surface area contributed by atoms with Gasteiger partial charge in [-0.1, -0.05) is 23.7 Å². The number of alkyl halides is 3. The molecular weight excluding hydrogens is 474 g/mol. The second-order valence-corrected chi connectivity index (χ2v) is 8.42. The minimum absolute atomic E-state index is 0.0594. The smallest absolute Gasteiger partial charge is 0.387 e. The summed E-state index contributed by atoms with van der Waals surface area (Å²) < 4.78 is 52.4. The maximum atomic E-state index is 13.4. The van der Waals surface area contributed by atoms with Gasteiger partial charge in [0.05, 0.1) is 23.9 Å². The first-order valence-corrected chi connectivity index (χ1v) is 10.4. The summed E-state index contributed by atoms with van der Waals surface area (Å²) >= 11 is 6.24. The van der Waals surface area contributed by atoms with Gasteiger partial charge in [0.25, 0.3) is 0 Å². The largest absolute Gasteiger partial charge is 0.443 e. The van der Waals surface area contributed by atoms with Crippen LogP contribution in [0.4, 0.5) is 23.4 Å². The molecule has 0 unspecified atom stereocenters. The van der Waals surface area contributed by atoms with Crippen LogP contribution in [-0.2, 0) is 12.7 Å². The van der Waals surface area contributed by atoms with Gasteiger partial charge in [-0.15, -0.1) is 11.3 Å². The van der Waals surface area contributed by atoms with Crippen molar-refractivity contribution in [3.63, 3.8) is 0 Å². The average Bonchev–Trinajstić information content (AvgIpc) is 3.21. The summed E-state index contributed by atoms with van der Waals surface area (Å²) in [5, 5.41) is 13.4. The average molecular weight is 488 g/mol. The van der Waals surface area contributed by atoms with E-state index in [4.69, 9.17) is 11.6 Å². The van der Waals surface area contributed by atoms with E-state index in [2.05, 4.69) is 15.1 Å². The van der Waals surface area contributed by atoms with E-state index in [1.165, 1.54) is 24.4 Å². The highest BCUT2D eigenvalue weighted by molar-refractivity contribution is 7.11. The minimum Gasteiger partial charge on any atom is -0.387 e. The van der Waals surface area contributed by atoms with Gasteiger partial charge >= 0.3 is 11.9 Å². The van der Waals surface area contributed by atoms with Crippen molar-refractivity contribution < 1.29 is 22.7 Å². The van der Waals surface area contributed by atoms with Gasteiger partial charge in [-0.25, -0.2) is 18.9 Å². The Morgan fingerprint density at radius 1 is 1.28 bits per heavy atom. The highest BCUT2D eigenvalue weighted by atomic mass is 35.5. The van der Waals surface area contributed by atoms with E-state index in [0.29, 0.717) is 29.0 Å². The number of benzene rings is 1. The van der Waals surface area contributed by atoms with E-state index < -0.39 is 28.8 Å². The molecule has 1 atom stereocenters. The van der Waals surface area contributed by atoms with E-state index >= 15 is 0 Å². The third kappa shape index (κ3) is 4.66. The Kier molecular flexibility index (Phi) is 6.01. The number of nitrogens with zero attached hydrogens (tertiary/aromatic N) is 5. The summed E-state index contributed by atoms with van der Waals surface area (Å²) in [5.41, 5.74) is 0.391. The maximum Gasteiger partial charge on any atom is 0.443 e. The van der Waals surface area contributed by atoms with Gasteiger partial charge in [0.15, 0.2) is 10.8 Å². The van der Waals surface area contributed by atoms with Gasteiger partial charge < -0.3 is 10.0 Å². The van der Waals surface area contributed by atoms with Crippen LogP contribution < -0.4 is 10.6 Å². The summed E-state index contributed by atoms with van der Waals surface area (Å²) in [5.74, 6) is -0.357. The fraction of sp³-hybridized carbons (Fsp3) is 0.263. The number of aromatic nitrogens is 4. The zero-order valence-electron chi connectivity index (χ0n) is 16.1.